The Balaban J connectivity index is 1.83. The standard InChI is InChI=1S/C13H15N5O2/c1-9-16-10(7-12(19)17-9)11-8-18(5-6-20-11)13-14-3-2-4-15-13/h2-4,7,11H,5-6,8H2,1H3,(H,16,17,19)/t11-/m1/s1. The van der Waals surface area contributed by atoms with Crippen LogP contribution in [0.25, 0.3) is 0 Å². The van der Waals surface area contributed by atoms with Gasteiger partial charge in [0.15, 0.2) is 0 Å². The normalized spacial score (nSPS) is 19.1. The molecule has 2 aromatic rings. The molecule has 0 radical (unpaired) electrons. The van der Waals surface area contributed by atoms with Gasteiger partial charge in [-0.1, -0.05) is 0 Å². The first-order chi connectivity index (χ1) is 9.72. The molecule has 1 aliphatic heterocycles. The van der Waals surface area contributed by atoms with Crippen molar-refractivity contribution in [3.8, 4) is 0 Å². The number of hydrogen-bond donors (Lipinski definition) is 1. The molecular formula is C13H15N5O2. The van der Waals surface area contributed by atoms with Crippen LogP contribution in [0.3, 0.4) is 0 Å². The van der Waals surface area contributed by atoms with Gasteiger partial charge in [-0.05, 0) is 13.0 Å². The van der Waals surface area contributed by atoms with Crippen molar-refractivity contribution in [2.24, 2.45) is 0 Å². The van der Waals surface area contributed by atoms with Crippen LogP contribution >= 0.6 is 0 Å². The fraction of sp³-hybridized carbons (Fsp3) is 0.385. The number of hydrogen-bond acceptors (Lipinski definition) is 6. The minimum absolute atomic E-state index is 0.163. The Labute approximate surface area is 115 Å². The van der Waals surface area contributed by atoms with E-state index in [2.05, 4.69) is 19.9 Å². The molecule has 7 heteroatoms. The number of H-pyrrole nitrogens is 1. The summed E-state index contributed by atoms with van der Waals surface area (Å²) < 4.78 is 5.71. The van der Waals surface area contributed by atoms with Crippen LogP contribution in [-0.2, 0) is 4.74 Å². The first-order valence-electron chi connectivity index (χ1n) is 6.44. The molecule has 0 bridgehead atoms. The number of nitrogens with one attached hydrogen (secondary N) is 1. The average Bonchev–Trinajstić information content (AvgIpc) is 2.47. The van der Waals surface area contributed by atoms with Gasteiger partial charge < -0.3 is 14.6 Å². The van der Waals surface area contributed by atoms with Gasteiger partial charge in [0.1, 0.15) is 11.9 Å². The van der Waals surface area contributed by atoms with Gasteiger partial charge in [0.05, 0.1) is 18.8 Å². The summed E-state index contributed by atoms with van der Waals surface area (Å²) in [7, 11) is 0. The van der Waals surface area contributed by atoms with Crippen molar-refractivity contribution in [2.75, 3.05) is 24.6 Å². The molecular weight excluding hydrogens is 258 g/mol. The lowest BCUT2D eigenvalue weighted by Gasteiger charge is -2.32. The lowest BCUT2D eigenvalue weighted by molar-refractivity contribution is 0.0362. The molecule has 0 unspecified atom stereocenters. The van der Waals surface area contributed by atoms with Crippen molar-refractivity contribution in [2.45, 2.75) is 13.0 Å². The second-order valence-corrected chi connectivity index (χ2v) is 4.61. The topological polar surface area (TPSA) is 84.0 Å². The Morgan fingerprint density at radius 3 is 2.95 bits per heavy atom. The summed E-state index contributed by atoms with van der Waals surface area (Å²) in [6.45, 7) is 3.62. The predicted octanol–water partition coefficient (Wildman–Crippen LogP) is 0.446. The van der Waals surface area contributed by atoms with Crippen molar-refractivity contribution in [3.63, 3.8) is 0 Å². The average molecular weight is 273 g/mol. The maximum atomic E-state index is 11.5. The fourth-order valence-electron chi connectivity index (χ4n) is 2.23. The summed E-state index contributed by atoms with van der Waals surface area (Å²) in [4.78, 5) is 29.0. The minimum atomic E-state index is -0.242. The highest BCUT2D eigenvalue weighted by molar-refractivity contribution is 5.30. The van der Waals surface area contributed by atoms with E-state index in [1.54, 1.807) is 25.4 Å². The number of ether oxygens (including phenoxy) is 1. The molecule has 1 N–H and O–H groups in total. The Morgan fingerprint density at radius 1 is 1.40 bits per heavy atom. The lowest BCUT2D eigenvalue weighted by Crippen LogP contribution is -2.40. The predicted molar refractivity (Wildman–Crippen MR) is 72.5 cm³/mol. The zero-order chi connectivity index (χ0) is 13.9. The van der Waals surface area contributed by atoms with Crippen LogP contribution < -0.4 is 10.5 Å². The van der Waals surface area contributed by atoms with Crippen LogP contribution in [0.1, 0.15) is 17.6 Å². The highest BCUT2D eigenvalue weighted by Crippen LogP contribution is 2.21. The highest BCUT2D eigenvalue weighted by atomic mass is 16.5. The second-order valence-electron chi connectivity index (χ2n) is 4.61. The van der Waals surface area contributed by atoms with Crippen LogP contribution in [0.5, 0.6) is 0 Å². The highest BCUT2D eigenvalue weighted by Gasteiger charge is 2.25. The van der Waals surface area contributed by atoms with Crippen molar-refractivity contribution < 1.29 is 4.74 Å². The number of rotatable bonds is 2. The van der Waals surface area contributed by atoms with Crippen molar-refractivity contribution in [1.82, 2.24) is 19.9 Å². The van der Waals surface area contributed by atoms with Crippen molar-refractivity contribution in [1.29, 1.82) is 0 Å². The van der Waals surface area contributed by atoms with Gasteiger partial charge in [0, 0.05) is 25.0 Å². The van der Waals surface area contributed by atoms with Crippen LogP contribution in [0.4, 0.5) is 5.95 Å². The molecule has 0 amide bonds. The zero-order valence-corrected chi connectivity index (χ0v) is 11.1. The van der Waals surface area contributed by atoms with E-state index >= 15 is 0 Å². The number of aryl methyl sites for hydroxylation is 1. The molecule has 0 spiro atoms. The quantitative estimate of drug-likeness (QED) is 0.855. The van der Waals surface area contributed by atoms with Gasteiger partial charge in [0.25, 0.3) is 5.56 Å². The summed E-state index contributed by atoms with van der Waals surface area (Å²) in [5.41, 5.74) is 0.482. The smallest absolute Gasteiger partial charge is 0.251 e. The van der Waals surface area contributed by atoms with E-state index in [0.29, 0.717) is 30.6 Å². The molecule has 1 fully saturated rings. The van der Waals surface area contributed by atoms with Crippen molar-refractivity contribution >= 4 is 5.95 Å². The Morgan fingerprint density at radius 2 is 2.20 bits per heavy atom. The fourth-order valence-corrected chi connectivity index (χ4v) is 2.23. The van der Waals surface area contributed by atoms with E-state index < -0.39 is 0 Å². The Hall–Kier alpha value is -2.28. The van der Waals surface area contributed by atoms with Gasteiger partial charge >= 0.3 is 0 Å². The summed E-state index contributed by atoms with van der Waals surface area (Å²) in [5.74, 6) is 1.26. The maximum Gasteiger partial charge on any atom is 0.251 e. The third-order valence-corrected chi connectivity index (χ3v) is 3.11. The Bertz CT molecular complexity index is 643. The largest absolute Gasteiger partial charge is 0.368 e. The van der Waals surface area contributed by atoms with E-state index in [1.165, 1.54) is 6.07 Å². The molecule has 3 rings (SSSR count). The molecule has 7 nitrogen and oxygen atoms in total. The van der Waals surface area contributed by atoms with E-state index in [-0.39, 0.29) is 11.7 Å². The minimum Gasteiger partial charge on any atom is -0.368 e. The molecule has 2 aromatic heterocycles. The molecule has 0 aromatic carbocycles. The number of nitrogens with zero attached hydrogens (tertiary/aromatic N) is 4. The first kappa shape index (κ1) is 12.7. The molecule has 104 valence electrons. The summed E-state index contributed by atoms with van der Waals surface area (Å²) in [6, 6.07) is 3.26. The van der Waals surface area contributed by atoms with Gasteiger partial charge in [-0.25, -0.2) is 15.0 Å². The summed E-state index contributed by atoms with van der Waals surface area (Å²) >= 11 is 0. The molecule has 1 atom stereocenters. The molecule has 3 heterocycles. The first-order valence-corrected chi connectivity index (χ1v) is 6.44. The summed E-state index contributed by atoms with van der Waals surface area (Å²) in [5, 5.41) is 0. The van der Waals surface area contributed by atoms with E-state index in [9.17, 15) is 4.79 Å². The second kappa shape index (κ2) is 5.38. The van der Waals surface area contributed by atoms with Crippen LogP contribution in [0, 0.1) is 6.92 Å². The number of anilines is 1. The number of aromatic amines is 1. The van der Waals surface area contributed by atoms with Gasteiger partial charge in [-0.2, -0.15) is 0 Å². The SMILES string of the molecule is Cc1nc([C@H]2CN(c3ncccn3)CCO2)cc(=O)[nH]1. The van der Waals surface area contributed by atoms with Gasteiger partial charge in [-0.15, -0.1) is 0 Å². The maximum absolute atomic E-state index is 11.5. The van der Waals surface area contributed by atoms with Crippen molar-refractivity contribution in [3.05, 3.63) is 46.4 Å². The molecule has 20 heavy (non-hydrogen) atoms. The molecule has 1 saturated heterocycles. The van der Waals surface area contributed by atoms with Crippen LogP contribution in [0.15, 0.2) is 29.3 Å². The summed E-state index contributed by atoms with van der Waals surface area (Å²) in [6.07, 6.45) is 3.18. The van der Waals surface area contributed by atoms with Crippen LogP contribution in [-0.4, -0.2) is 39.6 Å². The van der Waals surface area contributed by atoms with E-state index in [1.807, 2.05) is 4.90 Å². The number of morpholine rings is 1. The van der Waals surface area contributed by atoms with E-state index in [4.69, 9.17) is 4.74 Å². The van der Waals surface area contributed by atoms with Gasteiger partial charge in [-0.3, -0.25) is 4.79 Å². The Kier molecular flexibility index (Phi) is 3.42. The third-order valence-electron chi connectivity index (χ3n) is 3.11. The molecule has 0 aliphatic carbocycles. The van der Waals surface area contributed by atoms with Crippen LogP contribution in [0.2, 0.25) is 0 Å². The zero-order valence-electron chi connectivity index (χ0n) is 11.1. The monoisotopic (exact) mass is 273 g/mol. The van der Waals surface area contributed by atoms with Gasteiger partial charge in [0.2, 0.25) is 5.95 Å². The number of aromatic nitrogens is 4. The third kappa shape index (κ3) is 2.67. The molecule has 0 saturated carbocycles. The molecule has 1 aliphatic rings. The lowest BCUT2D eigenvalue weighted by atomic mass is 10.2. The van der Waals surface area contributed by atoms with E-state index in [0.717, 1.165) is 6.54 Å².